The molecule has 0 fully saturated rings. The van der Waals surface area contributed by atoms with Gasteiger partial charge in [-0.15, -0.1) is 0 Å². The number of alkyl halides is 15. The number of carbonyl (C=O) groups is 2. The van der Waals surface area contributed by atoms with Crippen molar-refractivity contribution in [2.24, 2.45) is 5.92 Å². The van der Waals surface area contributed by atoms with E-state index in [1.54, 1.807) is 0 Å². The first kappa shape index (κ1) is 27.3. The molecule has 0 aliphatic rings. The van der Waals surface area contributed by atoms with Crippen molar-refractivity contribution in [2.75, 3.05) is 0 Å². The predicted molar refractivity (Wildman–Crippen MR) is 60.6 cm³/mol. The number of ketones is 2. The summed E-state index contributed by atoms with van der Waals surface area (Å²) in [6, 6.07) is 0. The molecule has 0 N–H and O–H groups in total. The quantitative estimate of drug-likeness (QED) is 0.365. The van der Waals surface area contributed by atoms with E-state index in [0.717, 1.165) is 0 Å². The zero-order valence-electron chi connectivity index (χ0n) is 13.6. The highest BCUT2D eigenvalue weighted by Gasteiger charge is 2.94. The van der Waals surface area contributed by atoms with Crippen LogP contribution in [0.25, 0.3) is 0 Å². The summed E-state index contributed by atoms with van der Waals surface area (Å²) in [5, 5.41) is 0. The maximum absolute atomic E-state index is 13.4. The minimum absolute atomic E-state index is 0.0946. The van der Waals surface area contributed by atoms with Crippen LogP contribution in [0.2, 0.25) is 0 Å². The van der Waals surface area contributed by atoms with E-state index in [-0.39, 0.29) is 13.8 Å². The molecule has 29 heavy (non-hydrogen) atoms. The van der Waals surface area contributed by atoms with E-state index in [4.69, 9.17) is 0 Å². The normalized spacial score (nSPS) is 16.6. The van der Waals surface area contributed by atoms with Crippen molar-refractivity contribution in [3.05, 3.63) is 0 Å². The lowest BCUT2D eigenvalue weighted by Crippen LogP contribution is -2.73. The topological polar surface area (TPSA) is 34.1 Å². The van der Waals surface area contributed by atoms with E-state index in [2.05, 4.69) is 0 Å². The molecule has 1 unspecified atom stereocenters. The monoisotopic (exact) mass is 468 g/mol. The highest BCUT2D eigenvalue weighted by molar-refractivity contribution is 6.04. The average molecular weight is 468 g/mol. The highest BCUT2D eigenvalue weighted by atomic mass is 19.4. The molecule has 0 aromatic carbocycles. The van der Waals surface area contributed by atoms with Gasteiger partial charge in [0.2, 0.25) is 5.78 Å². The van der Waals surface area contributed by atoms with Crippen LogP contribution in [-0.4, -0.2) is 53.3 Å². The van der Waals surface area contributed by atoms with Gasteiger partial charge in [0.15, 0.2) is 0 Å². The zero-order valence-corrected chi connectivity index (χ0v) is 13.6. The van der Waals surface area contributed by atoms with Gasteiger partial charge in [0, 0.05) is 0 Å². The van der Waals surface area contributed by atoms with Crippen molar-refractivity contribution in [2.45, 2.75) is 55.6 Å². The lowest BCUT2D eigenvalue weighted by molar-refractivity contribution is -0.449. The van der Waals surface area contributed by atoms with E-state index in [0.29, 0.717) is 0 Å². The molecule has 2 nitrogen and oxygen atoms in total. The standard InChI is InChI=1S/C12H7F15O2/c1-3(4(2)28)5(29)6(13,14)7(15,16)8(17,18)9(19,20)10(21,22)11(23,24)12(25,26)27/h3H,1-2H3. The summed E-state index contributed by atoms with van der Waals surface area (Å²) < 4.78 is 193. The van der Waals surface area contributed by atoms with Crippen molar-refractivity contribution in [3.63, 3.8) is 0 Å². The Kier molecular flexibility index (Phi) is 6.51. The smallest absolute Gasteiger partial charge is 0.299 e. The fourth-order valence-corrected chi connectivity index (χ4v) is 1.58. The van der Waals surface area contributed by atoms with E-state index < -0.39 is 59.2 Å². The Labute approximate surface area is 150 Å². The second-order valence-corrected chi connectivity index (χ2v) is 5.64. The molecule has 0 saturated carbocycles. The fraction of sp³-hybridized carbons (Fsp3) is 0.833. The van der Waals surface area contributed by atoms with Crippen LogP contribution in [0.5, 0.6) is 0 Å². The van der Waals surface area contributed by atoms with Crippen LogP contribution < -0.4 is 0 Å². The first-order chi connectivity index (χ1) is 12.3. The Hall–Kier alpha value is -1.71. The second-order valence-electron chi connectivity index (χ2n) is 5.64. The number of rotatable bonds is 8. The molecule has 0 bridgehead atoms. The molecule has 0 aromatic heterocycles. The van der Waals surface area contributed by atoms with Gasteiger partial charge < -0.3 is 0 Å². The van der Waals surface area contributed by atoms with Gasteiger partial charge in [-0.25, -0.2) is 0 Å². The summed E-state index contributed by atoms with van der Waals surface area (Å²) in [5.74, 6) is -56.4. The van der Waals surface area contributed by atoms with Crippen LogP contribution in [0, 0.1) is 5.92 Å². The lowest BCUT2D eigenvalue weighted by Gasteiger charge is -2.41. The molecule has 0 heterocycles. The third-order valence-corrected chi connectivity index (χ3v) is 3.64. The number of hydrogen-bond acceptors (Lipinski definition) is 2. The number of carbonyl (C=O) groups excluding carboxylic acids is 2. The number of Topliss-reactive ketones (excluding diaryl/α,β-unsaturated/α-hetero) is 2. The van der Waals surface area contributed by atoms with Gasteiger partial charge in [-0.3, -0.25) is 9.59 Å². The minimum atomic E-state index is -8.47. The molecular weight excluding hydrogens is 461 g/mol. The lowest BCUT2D eigenvalue weighted by atomic mass is 9.86. The van der Waals surface area contributed by atoms with Gasteiger partial charge in [-0.2, -0.15) is 65.9 Å². The van der Waals surface area contributed by atoms with Gasteiger partial charge in [-0.05, 0) is 13.8 Å². The average Bonchev–Trinajstić information content (AvgIpc) is 2.50. The Bertz CT molecular complexity index is 661. The molecule has 172 valence electrons. The molecule has 17 heteroatoms. The first-order valence-electron chi connectivity index (χ1n) is 6.65. The number of hydrogen-bond donors (Lipinski definition) is 0. The molecule has 0 radical (unpaired) electrons. The van der Waals surface area contributed by atoms with Crippen LogP contribution in [0.15, 0.2) is 0 Å². The summed E-state index contributed by atoms with van der Waals surface area (Å²) in [5.41, 5.74) is 0. The molecule has 0 rings (SSSR count). The molecule has 0 aliphatic carbocycles. The highest BCUT2D eigenvalue weighted by Crippen LogP contribution is 2.62. The first-order valence-corrected chi connectivity index (χ1v) is 6.65. The Morgan fingerprint density at radius 3 is 1.10 bits per heavy atom. The van der Waals surface area contributed by atoms with Gasteiger partial charge >= 0.3 is 41.7 Å². The molecule has 0 saturated heterocycles. The van der Waals surface area contributed by atoms with Gasteiger partial charge in [0.05, 0.1) is 5.92 Å². The summed E-state index contributed by atoms with van der Waals surface area (Å²) in [6.07, 6.45) is -7.70. The summed E-state index contributed by atoms with van der Waals surface area (Å²) in [7, 11) is 0. The molecular formula is C12H7F15O2. The summed E-state index contributed by atoms with van der Waals surface area (Å²) >= 11 is 0. The van der Waals surface area contributed by atoms with Gasteiger partial charge in [0.1, 0.15) is 5.78 Å². The number of halogens is 15. The summed E-state index contributed by atoms with van der Waals surface area (Å²) in [4.78, 5) is 21.8. The molecule has 0 aliphatic heterocycles. The second kappa shape index (κ2) is 6.92. The van der Waals surface area contributed by atoms with Gasteiger partial charge in [0.25, 0.3) is 0 Å². The van der Waals surface area contributed by atoms with Crippen LogP contribution in [0.4, 0.5) is 65.9 Å². The van der Waals surface area contributed by atoms with Gasteiger partial charge in [-0.1, -0.05) is 0 Å². The minimum Gasteiger partial charge on any atom is -0.299 e. The van der Waals surface area contributed by atoms with Crippen LogP contribution in [0.1, 0.15) is 13.8 Å². The van der Waals surface area contributed by atoms with Crippen LogP contribution in [0.3, 0.4) is 0 Å². The Balaban J connectivity index is 6.65. The zero-order chi connectivity index (χ0) is 24.2. The third-order valence-electron chi connectivity index (χ3n) is 3.64. The SMILES string of the molecule is CC(=O)C(C)C(=O)C(F)(F)C(F)(F)C(F)(F)C(F)(F)C(F)(F)C(F)(F)C(F)(F)F. The van der Waals surface area contributed by atoms with Crippen molar-refractivity contribution in [1.29, 1.82) is 0 Å². The molecule has 0 aromatic rings. The van der Waals surface area contributed by atoms with Crippen molar-refractivity contribution in [3.8, 4) is 0 Å². The predicted octanol–water partition coefficient (Wildman–Crippen LogP) is 5.15. The largest absolute Gasteiger partial charge is 0.460 e. The third kappa shape index (κ3) is 3.53. The van der Waals surface area contributed by atoms with Crippen LogP contribution >= 0.6 is 0 Å². The molecule has 0 spiro atoms. The summed E-state index contributed by atoms with van der Waals surface area (Å²) in [6.45, 7) is 0.360. The van der Waals surface area contributed by atoms with E-state index in [1.165, 1.54) is 0 Å². The fourth-order valence-electron chi connectivity index (χ4n) is 1.58. The Morgan fingerprint density at radius 1 is 0.552 bits per heavy atom. The van der Waals surface area contributed by atoms with E-state index >= 15 is 0 Å². The van der Waals surface area contributed by atoms with E-state index in [1.807, 2.05) is 0 Å². The van der Waals surface area contributed by atoms with Crippen molar-refractivity contribution < 1.29 is 75.4 Å². The Morgan fingerprint density at radius 2 is 0.828 bits per heavy atom. The van der Waals surface area contributed by atoms with E-state index in [9.17, 15) is 75.4 Å². The van der Waals surface area contributed by atoms with Crippen molar-refractivity contribution in [1.82, 2.24) is 0 Å². The van der Waals surface area contributed by atoms with Crippen LogP contribution in [-0.2, 0) is 9.59 Å². The maximum atomic E-state index is 13.4. The maximum Gasteiger partial charge on any atom is 0.460 e. The molecule has 0 amide bonds. The van der Waals surface area contributed by atoms with Crippen molar-refractivity contribution >= 4 is 11.6 Å². The molecule has 1 atom stereocenters.